The van der Waals surface area contributed by atoms with E-state index in [-0.39, 0.29) is 11.5 Å². The van der Waals surface area contributed by atoms with Crippen molar-refractivity contribution in [2.75, 3.05) is 19.0 Å². The number of aromatic hydroxyl groups is 1. The van der Waals surface area contributed by atoms with Gasteiger partial charge in [-0.1, -0.05) is 23.7 Å². The maximum atomic E-state index is 14.3. The minimum atomic E-state index is -0.834. The molecule has 0 spiro atoms. The number of hydrogen-bond acceptors (Lipinski definition) is 8. The second kappa shape index (κ2) is 10.9. The number of anilines is 1. The third-order valence-corrected chi connectivity index (χ3v) is 6.29. The highest BCUT2D eigenvalue weighted by atomic mass is 35.5. The first kappa shape index (κ1) is 26.0. The number of carbonyl (C=O) groups is 1. The Bertz CT molecular complexity index is 1470. The summed E-state index contributed by atoms with van der Waals surface area (Å²) in [6.07, 6.45) is 5.83. The Hall–Kier alpha value is -4.03. The van der Waals surface area contributed by atoms with E-state index < -0.39 is 40.6 Å². The molecule has 11 nitrogen and oxygen atoms in total. The fourth-order valence-electron chi connectivity index (χ4n) is 4.12. The number of halogens is 2. The van der Waals surface area contributed by atoms with Gasteiger partial charge >= 0.3 is 0 Å². The molecule has 37 heavy (non-hydrogen) atoms. The third kappa shape index (κ3) is 5.39. The van der Waals surface area contributed by atoms with Crippen LogP contribution in [-0.2, 0) is 18.3 Å². The molecule has 0 saturated heterocycles. The SMILES string of the molecule is COCCn1cc([C@H](c2cc(F)ccc2Cl)[C@@H](C)c2nc(C(=O)Nc3cnoc3)c(O)c(=O)n2C)cn1. The summed E-state index contributed by atoms with van der Waals surface area (Å²) in [4.78, 5) is 30.1. The van der Waals surface area contributed by atoms with E-state index in [1.165, 1.54) is 37.7 Å². The number of hydrogen-bond donors (Lipinski definition) is 2. The van der Waals surface area contributed by atoms with E-state index in [0.29, 0.717) is 29.3 Å². The quantitative estimate of drug-likeness (QED) is 0.336. The Morgan fingerprint density at radius 1 is 1.35 bits per heavy atom. The van der Waals surface area contributed by atoms with Crippen molar-refractivity contribution in [3.05, 3.63) is 86.9 Å². The second-order valence-electron chi connectivity index (χ2n) is 8.36. The monoisotopic (exact) mass is 530 g/mol. The fraction of sp³-hybridized carbons (Fsp3) is 0.292. The van der Waals surface area contributed by atoms with E-state index >= 15 is 0 Å². The highest BCUT2D eigenvalue weighted by molar-refractivity contribution is 6.31. The molecule has 194 valence electrons. The van der Waals surface area contributed by atoms with Crippen molar-refractivity contribution in [1.82, 2.24) is 24.5 Å². The van der Waals surface area contributed by atoms with Crippen molar-refractivity contribution in [3.63, 3.8) is 0 Å². The van der Waals surface area contributed by atoms with Gasteiger partial charge in [0, 0.05) is 37.2 Å². The summed E-state index contributed by atoms with van der Waals surface area (Å²) in [5.74, 6) is -3.23. The summed E-state index contributed by atoms with van der Waals surface area (Å²) >= 11 is 6.50. The maximum Gasteiger partial charge on any atom is 0.296 e. The Labute approximate surface area is 215 Å². The van der Waals surface area contributed by atoms with E-state index in [1.807, 2.05) is 0 Å². The van der Waals surface area contributed by atoms with Gasteiger partial charge in [-0.3, -0.25) is 18.8 Å². The van der Waals surface area contributed by atoms with Crippen LogP contribution in [0.1, 0.15) is 46.2 Å². The van der Waals surface area contributed by atoms with Gasteiger partial charge in [-0.25, -0.2) is 9.37 Å². The number of rotatable bonds is 9. The number of benzene rings is 1. The molecule has 0 saturated carbocycles. The number of nitrogens with one attached hydrogen (secondary N) is 1. The summed E-state index contributed by atoms with van der Waals surface area (Å²) in [7, 11) is 3.00. The van der Waals surface area contributed by atoms with E-state index in [2.05, 4.69) is 20.6 Å². The Morgan fingerprint density at radius 3 is 2.84 bits per heavy atom. The maximum absolute atomic E-state index is 14.3. The first-order chi connectivity index (χ1) is 17.7. The third-order valence-electron chi connectivity index (χ3n) is 5.94. The molecule has 0 unspecified atom stereocenters. The normalized spacial score (nSPS) is 12.9. The lowest BCUT2D eigenvalue weighted by atomic mass is 9.82. The van der Waals surface area contributed by atoms with Crippen LogP contribution in [0.25, 0.3) is 0 Å². The van der Waals surface area contributed by atoms with Crippen molar-refractivity contribution in [2.45, 2.75) is 25.3 Å². The lowest BCUT2D eigenvalue weighted by molar-refractivity contribution is 0.101. The molecule has 0 aliphatic carbocycles. The highest BCUT2D eigenvalue weighted by Gasteiger charge is 2.31. The van der Waals surface area contributed by atoms with Gasteiger partial charge in [-0.05, 0) is 29.3 Å². The van der Waals surface area contributed by atoms with E-state index in [9.17, 15) is 19.1 Å². The molecule has 0 aliphatic rings. The molecule has 13 heteroatoms. The first-order valence-electron chi connectivity index (χ1n) is 11.2. The molecule has 4 aromatic rings. The summed E-state index contributed by atoms with van der Waals surface area (Å²) in [5, 5.41) is 21.1. The van der Waals surface area contributed by atoms with Gasteiger partial charge in [0.05, 0.1) is 25.5 Å². The molecule has 0 bridgehead atoms. The van der Waals surface area contributed by atoms with Gasteiger partial charge in [0.15, 0.2) is 5.69 Å². The summed E-state index contributed by atoms with van der Waals surface area (Å²) < 4.78 is 27.0. The number of amides is 1. The predicted octanol–water partition coefficient (Wildman–Crippen LogP) is 3.30. The predicted molar refractivity (Wildman–Crippen MR) is 131 cm³/mol. The zero-order valence-electron chi connectivity index (χ0n) is 20.2. The minimum absolute atomic E-state index is 0.160. The summed E-state index contributed by atoms with van der Waals surface area (Å²) in [6.45, 7) is 2.68. The Morgan fingerprint density at radius 2 is 2.14 bits per heavy atom. The average Bonchev–Trinajstić information content (AvgIpc) is 3.56. The summed E-state index contributed by atoms with van der Waals surface area (Å²) in [5.41, 5.74) is 0.0275. The van der Waals surface area contributed by atoms with Gasteiger partial charge in [0.1, 0.15) is 23.6 Å². The Kier molecular flexibility index (Phi) is 7.69. The lowest BCUT2D eigenvalue weighted by Crippen LogP contribution is -2.29. The first-order valence-corrected chi connectivity index (χ1v) is 11.6. The van der Waals surface area contributed by atoms with Crippen molar-refractivity contribution in [3.8, 4) is 5.75 Å². The van der Waals surface area contributed by atoms with Crippen LogP contribution < -0.4 is 10.9 Å². The van der Waals surface area contributed by atoms with E-state index in [1.54, 1.807) is 31.1 Å². The van der Waals surface area contributed by atoms with Gasteiger partial charge < -0.3 is 19.7 Å². The number of carbonyl (C=O) groups excluding carboxylic acids is 1. The molecule has 1 amide bonds. The van der Waals surface area contributed by atoms with Crippen LogP contribution in [-0.4, -0.2) is 49.2 Å². The highest BCUT2D eigenvalue weighted by Crippen LogP contribution is 2.40. The molecule has 4 rings (SSSR count). The van der Waals surface area contributed by atoms with Crippen molar-refractivity contribution in [1.29, 1.82) is 0 Å². The number of ether oxygens (including phenoxy) is 1. The second-order valence-corrected chi connectivity index (χ2v) is 8.77. The largest absolute Gasteiger partial charge is 0.501 e. The Balaban J connectivity index is 1.82. The number of aromatic nitrogens is 5. The zero-order chi connectivity index (χ0) is 26.7. The zero-order valence-corrected chi connectivity index (χ0v) is 20.9. The van der Waals surface area contributed by atoms with Crippen molar-refractivity contribution < 1.29 is 23.6 Å². The number of nitrogens with zero attached hydrogens (tertiary/aromatic N) is 5. The minimum Gasteiger partial charge on any atom is -0.501 e. The van der Waals surface area contributed by atoms with Crippen LogP contribution in [0.4, 0.5) is 10.1 Å². The van der Waals surface area contributed by atoms with Crippen LogP contribution in [0.3, 0.4) is 0 Å². The van der Waals surface area contributed by atoms with Crippen LogP contribution in [0.2, 0.25) is 5.02 Å². The van der Waals surface area contributed by atoms with Crippen LogP contribution in [0.5, 0.6) is 5.75 Å². The van der Waals surface area contributed by atoms with E-state index in [4.69, 9.17) is 20.9 Å². The van der Waals surface area contributed by atoms with E-state index in [0.717, 1.165) is 4.57 Å². The van der Waals surface area contributed by atoms with Gasteiger partial charge in [-0.2, -0.15) is 5.10 Å². The fourth-order valence-corrected chi connectivity index (χ4v) is 4.35. The van der Waals surface area contributed by atoms with Gasteiger partial charge in [-0.15, -0.1) is 0 Å². The standard InChI is InChI=1S/C24H24ClFN6O5/c1-13(22-30-20(21(33)24(35)31(22)2)23(34)29-16-10-28-37-12-16)19(17-8-15(26)4-5-18(17)25)14-9-27-32(11-14)6-7-36-3/h4-5,8-13,19,33H,6-7H2,1-3H3,(H,29,34)/t13-,19-/m1/s1. The lowest BCUT2D eigenvalue weighted by Gasteiger charge is -2.26. The van der Waals surface area contributed by atoms with Crippen molar-refractivity contribution >= 4 is 23.2 Å². The average molecular weight is 531 g/mol. The number of methoxy groups -OCH3 is 1. The smallest absolute Gasteiger partial charge is 0.296 e. The van der Waals surface area contributed by atoms with Crippen LogP contribution in [0.15, 0.2) is 52.4 Å². The molecule has 0 radical (unpaired) electrons. The van der Waals surface area contributed by atoms with Crippen LogP contribution in [0, 0.1) is 5.82 Å². The molecular weight excluding hydrogens is 507 g/mol. The molecule has 2 N–H and O–H groups in total. The molecular formula is C24H24ClFN6O5. The van der Waals surface area contributed by atoms with Crippen LogP contribution >= 0.6 is 11.6 Å². The molecule has 0 aliphatic heterocycles. The molecule has 0 fully saturated rings. The van der Waals surface area contributed by atoms with Gasteiger partial charge in [0.25, 0.3) is 11.5 Å². The van der Waals surface area contributed by atoms with Gasteiger partial charge in [0.2, 0.25) is 5.75 Å². The molecule has 1 aromatic carbocycles. The topological polar surface area (TPSA) is 137 Å². The summed E-state index contributed by atoms with van der Waals surface area (Å²) in [6, 6.07) is 4.01. The molecule has 2 atom stereocenters. The molecule has 3 aromatic heterocycles. The van der Waals surface area contributed by atoms with Crippen molar-refractivity contribution in [2.24, 2.45) is 7.05 Å². The molecule has 3 heterocycles.